The molecule has 8 nitrogen and oxygen atoms in total. The number of rotatable bonds is 6. The number of carbonyl (C=O) groups excluding carboxylic acids is 3. The fourth-order valence-electron chi connectivity index (χ4n) is 2.41. The molecule has 0 aromatic heterocycles. The van der Waals surface area contributed by atoms with E-state index >= 15 is 0 Å². The van der Waals surface area contributed by atoms with Crippen molar-refractivity contribution in [3.8, 4) is 0 Å². The number of β-amino-alcohol motifs (C(OH)–C–C–N with tert-alkyl or cyclic N) is 1. The van der Waals surface area contributed by atoms with Gasteiger partial charge in [0.1, 0.15) is 5.70 Å². The lowest BCUT2D eigenvalue weighted by Gasteiger charge is -2.16. The second kappa shape index (κ2) is 7.91. The lowest BCUT2D eigenvalue weighted by Crippen LogP contribution is -2.31. The molecule has 0 radical (unpaired) electrons. The standard InChI is InChI=1S/C16H16F2N2O6/c1-25-15(23)8-5-10(17)11(18)6-12(8)19-13-9(16(24)26-2)7-20(3-4-21)14(13)22/h5-6,19,21H,3-4,7H2,1-2H3. The van der Waals surface area contributed by atoms with Gasteiger partial charge in [0.25, 0.3) is 5.91 Å². The molecule has 0 unspecified atom stereocenters. The summed E-state index contributed by atoms with van der Waals surface area (Å²) in [7, 11) is 2.17. The van der Waals surface area contributed by atoms with Crippen LogP contribution in [0.1, 0.15) is 10.4 Å². The SMILES string of the molecule is COC(=O)C1=C(Nc2cc(F)c(F)cc2C(=O)OC)C(=O)N(CCO)C1. The molecule has 0 fully saturated rings. The van der Waals surface area contributed by atoms with Crippen LogP contribution in [0.25, 0.3) is 0 Å². The van der Waals surface area contributed by atoms with Gasteiger partial charge in [-0.1, -0.05) is 0 Å². The van der Waals surface area contributed by atoms with E-state index in [4.69, 9.17) is 5.11 Å². The van der Waals surface area contributed by atoms with Gasteiger partial charge in [0.05, 0.1) is 44.2 Å². The van der Waals surface area contributed by atoms with E-state index in [2.05, 4.69) is 14.8 Å². The highest BCUT2D eigenvalue weighted by Crippen LogP contribution is 2.27. The Morgan fingerprint density at radius 2 is 1.81 bits per heavy atom. The van der Waals surface area contributed by atoms with Crippen molar-refractivity contribution in [3.05, 3.63) is 40.6 Å². The average Bonchev–Trinajstić information content (AvgIpc) is 2.93. The number of halogens is 2. The molecular formula is C16H16F2N2O6. The van der Waals surface area contributed by atoms with Crippen LogP contribution in [0.5, 0.6) is 0 Å². The summed E-state index contributed by atoms with van der Waals surface area (Å²) in [6.45, 7) is -0.538. The van der Waals surface area contributed by atoms with Gasteiger partial charge in [-0.2, -0.15) is 0 Å². The van der Waals surface area contributed by atoms with Crippen molar-refractivity contribution in [1.29, 1.82) is 0 Å². The van der Waals surface area contributed by atoms with Crippen LogP contribution in [0.4, 0.5) is 14.5 Å². The van der Waals surface area contributed by atoms with Crippen molar-refractivity contribution in [2.75, 3.05) is 39.2 Å². The third kappa shape index (κ3) is 3.64. The Labute approximate surface area is 147 Å². The first-order valence-electron chi connectivity index (χ1n) is 7.40. The van der Waals surface area contributed by atoms with Gasteiger partial charge in [-0.05, 0) is 6.07 Å². The quantitative estimate of drug-likeness (QED) is 0.700. The molecule has 1 heterocycles. The number of ether oxygens (including phenoxy) is 2. The molecule has 0 bridgehead atoms. The first-order valence-corrected chi connectivity index (χ1v) is 7.40. The zero-order valence-electron chi connectivity index (χ0n) is 14.0. The number of esters is 2. The summed E-state index contributed by atoms with van der Waals surface area (Å²) in [6, 6.07) is 1.29. The predicted molar refractivity (Wildman–Crippen MR) is 84.0 cm³/mol. The van der Waals surface area contributed by atoms with E-state index in [0.29, 0.717) is 12.1 Å². The second-order valence-electron chi connectivity index (χ2n) is 5.22. The Morgan fingerprint density at radius 3 is 2.38 bits per heavy atom. The molecule has 1 aliphatic rings. The molecule has 1 aliphatic heterocycles. The summed E-state index contributed by atoms with van der Waals surface area (Å²) in [5, 5.41) is 11.5. The second-order valence-corrected chi connectivity index (χ2v) is 5.22. The number of aliphatic hydroxyl groups is 1. The third-order valence-corrected chi connectivity index (χ3v) is 3.68. The molecule has 0 aliphatic carbocycles. The summed E-state index contributed by atoms with van der Waals surface area (Å²) in [4.78, 5) is 37.3. The topological polar surface area (TPSA) is 105 Å². The number of nitrogens with zero attached hydrogens (tertiary/aromatic N) is 1. The Kier molecular flexibility index (Phi) is 5.88. The van der Waals surface area contributed by atoms with Gasteiger partial charge in [-0.3, -0.25) is 4.79 Å². The van der Waals surface area contributed by atoms with Crippen LogP contribution >= 0.6 is 0 Å². The van der Waals surface area contributed by atoms with E-state index in [1.165, 1.54) is 0 Å². The van der Waals surface area contributed by atoms with Crippen molar-refractivity contribution in [2.24, 2.45) is 0 Å². The normalized spacial score (nSPS) is 13.9. The molecule has 0 saturated heterocycles. The van der Waals surface area contributed by atoms with Crippen LogP contribution in [0.2, 0.25) is 0 Å². The number of benzene rings is 1. The van der Waals surface area contributed by atoms with Crippen LogP contribution in [0, 0.1) is 11.6 Å². The van der Waals surface area contributed by atoms with E-state index in [9.17, 15) is 23.2 Å². The molecule has 26 heavy (non-hydrogen) atoms. The minimum absolute atomic E-state index is 0.0495. The van der Waals surface area contributed by atoms with Crippen molar-refractivity contribution >= 4 is 23.5 Å². The van der Waals surface area contributed by atoms with Gasteiger partial charge in [0, 0.05) is 12.6 Å². The van der Waals surface area contributed by atoms with E-state index in [-0.39, 0.29) is 42.2 Å². The molecule has 2 rings (SSSR count). The van der Waals surface area contributed by atoms with Crippen molar-refractivity contribution in [1.82, 2.24) is 4.90 Å². The van der Waals surface area contributed by atoms with Gasteiger partial charge >= 0.3 is 11.9 Å². The van der Waals surface area contributed by atoms with Gasteiger partial charge < -0.3 is 24.8 Å². The zero-order valence-corrected chi connectivity index (χ0v) is 14.0. The molecule has 140 valence electrons. The lowest BCUT2D eigenvalue weighted by molar-refractivity contribution is -0.136. The molecule has 0 saturated carbocycles. The number of anilines is 1. The first-order chi connectivity index (χ1) is 12.3. The number of nitrogens with one attached hydrogen (secondary N) is 1. The first kappa shape index (κ1) is 19.3. The van der Waals surface area contributed by atoms with Crippen LogP contribution in [0.15, 0.2) is 23.4 Å². The fraction of sp³-hybridized carbons (Fsp3) is 0.312. The average molecular weight is 370 g/mol. The van der Waals surface area contributed by atoms with Crippen LogP contribution in [0.3, 0.4) is 0 Å². The molecule has 1 aromatic carbocycles. The van der Waals surface area contributed by atoms with Gasteiger partial charge in [-0.25, -0.2) is 18.4 Å². The molecule has 0 spiro atoms. The predicted octanol–water partition coefficient (Wildman–Crippen LogP) is 0.425. The third-order valence-electron chi connectivity index (χ3n) is 3.68. The summed E-state index contributed by atoms with van der Waals surface area (Å²) in [6.07, 6.45) is 0. The summed E-state index contributed by atoms with van der Waals surface area (Å²) in [5.41, 5.74) is -0.962. The van der Waals surface area contributed by atoms with E-state index in [1.54, 1.807) is 0 Å². The summed E-state index contributed by atoms with van der Waals surface area (Å²) >= 11 is 0. The monoisotopic (exact) mass is 370 g/mol. The Hall–Kier alpha value is -3.01. The Morgan fingerprint density at radius 1 is 1.19 bits per heavy atom. The van der Waals surface area contributed by atoms with Gasteiger partial charge in [0.15, 0.2) is 11.6 Å². The van der Waals surface area contributed by atoms with Crippen LogP contribution in [-0.4, -0.2) is 61.8 Å². The van der Waals surface area contributed by atoms with Gasteiger partial charge in [0.2, 0.25) is 0 Å². The highest BCUT2D eigenvalue weighted by molar-refractivity contribution is 6.09. The maximum atomic E-state index is 13.6. The smallest absolute Gasteiger partial charge is 0.340 e. The summed E-state index contributed by atoms with van der Waals surface area (Å²) in [5.74, 6) is -5.00. The molecule has 1 aromatic rings. The van der Waals surface area contributed by atoms with E-state index < -0.39 is 29.5 Å². The van der Waals surface area contributed by atoms with Crippen LogP contribution < -0.4 is 5.32 Å². The molecule has 0 atom stereocenters. The highest BCUT2D eigenvalue weighted by Gasteiger charge is 2.35. The minimum atomic E-state index is -1.28. The zero-order chi connectivity index (χ0) is 19.4. The number of amides is 1. The van der Waals surface area contributed by atoms with Crippen molar-refractivity contribution in [3.63, 3.8) is 0 Å². The fourth-order valence-corrected chi connectivity index (χ4v) is 2.41. The van der Waals surface area contributed by atoms with Gasteiger partial charge in [-0.15, -0.1) is 0 Å². The molecule has 10 heteroatoms. The van der Waals surface area contributed by atoms with Crippen molar-refractivity contribution < 1.29 is 37.7 Å². The minimum Gasteiger partial charge on any atom is -0.466 e. The van der Waals surface area contributed by atoms with E-state index in [0.717, 1.165) is 19.1 Å². The number of methoxy groups -OCH3 is 2. The number of hydrogen-bond acceptors (Lipinski definition) is 7. The molecule has 1 amide bonds. The van der Waals surface area contributed by atoms with Crippen molar-refractivity contribution in [2.45, 2.75) is 0 Å². The Balaban J connectivity index is 2.50. The number of carbonyl (C=O) groups is 3. The highest BCUT2D eigenvalue weighted by atomic mass is 19.2. The number of hydrogen-bond donors (Lipinski definition) is 2. The number of aliphatic hydroxyl groups excluding tert-OH is 1. The lowest BCUT2D eigenvalue weighted by atomic mass is 10.1. The molecular weight excluding hydrogens is 354 g/mol. The molecule has 2 N–H and O–H groups in total. The summed E-state index contributed by atoms with van der Waals surface area (Å²) < 4.78 is 36.2. The van der Waals surface area contributed by atoms with E-state index in [1.807, 2.05) is 0 Å². The largest absolute Gasteiger partial charge is 0.466 e. The maximum Gasteiger partial charge on any atom is 0.340 e. The maximum absolute atomic E-state index is 13.6. The Bertz CT molecular complexity index is 793. The van der Waals surface area contributed by atoms with Crippen LogP contribution in [-0.2, 0) is 19.1 Å².